The number of aliphatic hydroxyl groups is 1. The van der Waals surface area contributed by atoms with Crippen LogP contribution in [0, 0.1) is 6.92 Å². The molecule has 0 aliphatic carbocycles. The molecule has 1 atom stereocenters. The number of aryl methyl sites for hydroxylation is 1. The first-order chi connectivity index (χ1) is 8.69. The predicted molar refractivity (Wildman–Crippen MR) is 66.2 cm³/mol. The van der Waals surface area contributed by atoms with E-state index in [2.05, 4.69) is 15.4 Å². The Hall–Kier alpha value is -1.40. The molecule has 0 bridgehead atoms. The minimum absolute atomic E-state index is 0.0770. The summed E-state index contributed by atoms with van der Waals surface area (Å²) in [5, 5.41) is 15.6. The van der Waals surface area contributed by atoms with Crippen molar-refractivity contribution in [3.05, 3.63) is 11.8 Å². The highest BCUT2D eigenvalue weighted by molar-refractivity contribution is 5.89. The van der Waals surface area contributed by atoms with Crippen LogP contribution in [0.4, 0.5) is 5.82 Å². The minimum atomic E-state index is -0.0770. The van der Waals surface area contributed by atoms with Crippen molar-refractivity contribution >= 4 is 11.7 Å². The number of aromatic nitrogens is 1. The number of likely N-dealkylation sites (tertiary alicyclic amines) is 1. The molecule has 100 valence electrons. The molecule has 1 aliphatic rings. The summed E-state index contributed by atoms with van der Waals surface area (Å²) < 4.78 is 4.87. The van der Waals surface area contributed by atoms with Gasteiger partial charge in [0.05, 0.1) is 6.61 Å². The first kappa shape index (κ1) is 13.0. The third-order valence-corrected chi connectivity index (χ3v) is 3.23. The Balaban J connectivity index is 1.74. The van der Waals surface area contributed by atoms with Crippen molar-refractivity contribution in [2.75, 3.05) is 25.0 Å². The van der Waals surface area contributed by atoms with Crippen molar-refractivity contribution in [2.45, 2.75) is 32.2 Å². The van der Waals surface area contributed by atoms with Crippen LogP contribution in [-0.4, -0.2) is 46.8 Å². The lowest BCUT2D eigenvalue weighted by Crippen LogP contribution is -2.34. The van der Waals surface area contributed by atoms with Gasteiger partial charge in [-0.1, -0.05) is 5.16 Å². The fraction of sp³-hybridized carbons (Fsp3) is 0.667. The van der Waals surface area contributed by atoms with Gasteiger partial charge in [-0.2, -0.15) is 0 Å². The van der Waals surface area contributed by atoms with Crippen molar-refractivity contribution in [1.82, 2.24) is 10.1 Å². The lowest BCUT2D eigenvalue weighted by Gasteiger charge is -2.21. The van der Waals surface area contributed by atoms with Crippen molar-refractivity contribution in [3.8, 4) is 0 Å². The van der Waals surface area contributed by atoms with Gasteiger partial charge in [-0.25, -0.2) is 0 Å². The van der Waals surface area contributed by atoms with E-state index in [0.29, 0.717) is 24.5 Å². The van der Waals surface area contributed by atoms with Gasteiger partial charge >= 0.3 is 0 Å². The molecule has 2 heterocycles. The summed E-state index contributed by atoms with van der Waals surface area (Å²) in [5.41, 5.74) is 0. The zero-order valence-corrected chi connectivity index (χ0v) is 10.6. The van der Waals surface area contributed by atoms with E-state index in [0.717, 1.165) is 19.4 Å². The molecule has 1 aromatic rings. The van der Waals surface area contributed by atoms with Crippen LogP contribution in [0.5, 0.6) is 0 Å². The number of amides is 1. The molecule has 1 fully saturated rings. The molecule has 2 rings (SSSR count). The highest BCUT2D eigenvalue weighted by Gasteiger charge is 2.23. The Labute approximate surface area is 106 Å². The van der Waals surface area contributed by atoms with Gasteiger partial charge in [-0.05, 0) is 26.3 Å². The molecular weight excluding hydrogens is 234 g/mol. The molecule has 2 N–H and O–H groups in total. The van der Waals surface area contributed by atoms with Crippen LogP contribution in [0.3, 0.4) is 0 Å². The molecule has 6 nitrogen and oxygen atoms in total. The van der Waals surface area contributed by atoms with E-state index in [9.17, 15) is 9.90 Å². The maximum atomic E-state index is 11.7. The van der Waals surface area contributed by atoms with Crippen molar-refractivity contribution < 1.29 is 14.4 Å². The topological polar surface area (TPSA) is 78.6 Å². The molecule has 0 aromatic carbocycles. The number of hydrogen-bond donors (Lipinski definition) is 2. The van der Waals surface area contributed by atoms with Crippen molar-refractivity contribution in [1.29, 1.82) is 0 Å². The monoisotopic (exact) mass is 253 g/mol. The van der Waals surface area contributed by atoms with Crippen molar-refractivity contribution in [2.24, 2.45) is 0 Å². The lowest BCUT2D eigenvalue weighted by atomic mass is 10.2. The average molecular weight is 253 g/mol. The number of nitrogens with zero attached hydrogens (tertiary/aromatic N) is 2. The van der Waals surface area contributed by atoms with Crippen LogP contribution in [0.1, 0.15) is 25.0 Å². The van der Waals surface area contributed by atoms with E-state index >= 15 is 0 Å². The number of hydrogen-bond acceptors (Lipinski definition) is 5. The Kier molecular flexibility index (Phi) is 4.33. The van der Waals surface area contributed by atoms with Crippen molar-refractivity contribution in [3.63, 3.8) is 0 Å². The standard InChI is InChI=1S/C12H19N3O3/c1-9-7-11(14-18-9)13-12(17)4-6-15-5-2-3-10(15)8-16/h7,10,16H,2-6,8H2,1H3,(H,13,14,17). The molecule has 0 radical (unpaired) electrons. The van der Waals surface area contributed by atoms with E-state index in [4.69, 9.17) is 4.52 Å². The van der Waals surface area contributed by atoms with E-state index < -0.39 is 0 Å². The van der Waals surface area contributed by atoms with Gasteiger partial charge in [0, 0.05) is 25.1 Å². The molecular formula is C12H19N3O3. The van der Waals surface area contributed by atoms with Gasteiger partial charge in [0.15, 0.2) is 5.82 Å². The van der Waals surface area contributed by atoms with Crippen LogP contribution in [-0.2, 0) is 4.79 Å². The summed E-state index contributed by atoms with van der Waals surface area (Å²) in [5.74, 6) is 1.05. The SMILES string of the molecule is Cc1cc(NC(=O)CCN2CCCC2CO)no1. The summed E-state index contributed by atoms with van der Waals surface area (Å²) in [7, 11) is 0. The summed E-state index contributed by atoms with van der Waals surface area (Å²) in [6.07, 6.45) is 2.51. The van der Waals surface area contributed by atoms with E-state index in [-0.39, 0.29) is 18.6 Å². The molecule has 0 saturated carbocycles. The van der Waals surface area contributed by atoms with Gasteiger partial charge in [-0.3, -0.25) is 9.69 Å². The molecule has 1 aliphatic heterocycles. The van der Waals surface area contributed by atoms with Crippen LogP contribution in [0.2, 0.25) is 0 Å². The average Bonchev–Trinajstić information content (AvgIpc) is 2.95. The zero-order chi connectivity index (χ0) is 13.0. The predicted octanol–water partition coefficient (Wildman–Crippen LogP) is 0.768. The third-order valence-electron chi connectivity index (χ3n) is 3.23. The number of carbonyl (C=O) groups is 1. The van der Waals surface area contributed by atoms with Crippen LogP contribution >= 0.6 is 0 Å². The van der Waals surface area contributed by atoms with Gasteiger partial charge in [0.25, 0.3) is 0 Å². The van der Waals surface area contributed by atoms with Gasteiger partial charge in [0.2, 0.25) is 5.91 Å². The second kappa shape index (κ2) is 5.97. The molecule has 1 amide bonds. The zero-order valence-electron chi connectivity index (χ0n) is 10.6. The van der Waals surface area contributed by atoms with Crippen LogP contribution in [0.15, 0.2) is 10.6 Å². The Morgan fingerprint density at radius 2 is 2.56 bits per heavy atom. The Morgan fingerprint density at radius 3 is 3.22 bits per heavy atom. The molecule has 1 aromatic heterocycles. The number of nitrogens with one attached hydrogen (secondary N) is 1. The lowest BCUT2D eigenvalue weighted by molar-refractivity contribution is -0.116. The van der Waals surface area contributed by atoms with E-state index in [1.165, 1.54) is 0 Å². The minimum Gasteiger partial charge on any atom is -0.395 e. The van der Waals surface area contributed by atoms with Gasteiger partial charge in [-0.15, -0.1) is 0 Å². The van der Waals surface area contributed by atoms with Gasteiger partial charge in [0.1, 0.15) is 5.76 Å². The maximum Gasteiger partial charge on any atom is 0.226 e. The highest BCUT2D eigenvalue weighted by atomic mass is 16.5. The first-order valence-corrected chi connectivity index (χ1v) is 6.27. The number of carbonyl (C=O) groups excluding carboxylic acids is 1. The molecule has 1 unspecified atom stereocenters. The van der Waals surface area contributed by atoms with Gasteiger partial charge < -0.3 is 14.9 Å². The summed E-state index contributed by atoms with van der Waals surface area (Å²) in [6, 6.07) is 1.90. The molecule has 18 heavy (non-hydrogen) atoms. The Morgan fingerprint density at radius 1 is 1.72 bits per heavy atom. The second-order valence-corrected chi connectivity index (χ2v) is 4.64. The number of aliphatic hydroxyl groups excluding tert-OH is 1. The summed E-state index contributed by atoms with van der Waals surface area (Å²) >= 11 is 0. The van der Waals surface area contributed by atoms with Crippen LogP contribution in [0.25, 0.3) is 0 Å². The number of anilines is 1. The maximum absolute atomic E-state index is 11.7. The van der Waals surface area contributed by atoms with E-state index in [1.807, 2.05) is 0 Å². The Bertz CT molecular complexity index is 405. The second-order valence-electron chi connectivity index (χ2n) is 4.64. The summed E-state index contributed by atoms with van der Waals surface area (Å²) in [6.45, 7) is 3.58. The van der Waals surface area contributed by atoms with E-state index in [1.54, 1.807) is 13.0 Å². The van der Waals surface area contributed by atoms with Crippen LogP contribution < -0.4 is 5.32 Å². The fourth-order valence-electron chi connectivity index (χ4n) is 2.27. The quantitative estimate of drug-likeness (QED) is 0.810. The summed E-state index contributed by atoms with van der Waals surface area (Å²) in [4.78, 5) is 13.9. The molecule has 6 heteroatoms. The molecule has 1 saturated heterocycles. The highest BCUT2D eigenvalue weighted by Crippen LogP contribution is 2.16. The smallest absolute Gasteiger partial charge is 0.226 e. The molecule has 0 spiro atoms. The number of rotatable bonds is 5. The third kappa shape index (κ3) is 3.30. The first-order valence-electron chi connectivity index (χ1n) is 6.27. The fourth-order valence-corrected chi connectivity index (χ4v) is 2.27. The normalized spacial score (nSPS) is 20.2. The largest absolute Gasteiger partial charge is 0.395 e.